The van der Waals surface area contributed by atoms with Crippen LogP contribution in [0.15, 0.2) is 4.99 Å². The Morgan fingerprint density at radius 1 is 1.73 bits per heavy atom. The first-order valence-electron chi connectivity index (χ1n) is 3.99. The van der Waals surface area contributed by atoms with Crippen LogP contribution in [0.25, 0.3) is 0 Å². The van der Waals surface area contributed by atoms with Crippen LogP contribution < -0.4 is 0 Å². The van der Waals surface area contributed by atoms with Crippen molar-refractivity contribution in [2.75, 3.05) is 13.2 Å². The van der Waals surface area contributed by atoms with E-state index in [0.29, 0.717) is 5.92 Å². The molecule has 0 N–H and O–H groups in total. The number of isocyanates is 1. The van der Waals surface area contributed by atoms with Gasteiger partial charge in [-0.15, -0.1) is 0 Å². The second-order valence-corrected chi connectivity index (χ2v) is 2.94. The first-order chi connectivity index (χ1) is 5.34. The van der Waals surface area contributed by atoms with E-state index in [0.717, 1.165) is 26.1 Å². The summed E-state index contributed by atoms with van der Waals surface area (Å²) in [7, 11) is 0. The molecule has 3 nitrogen and oxygen atoms in total. The number of ether oxygens (including phenoxy) is 1. The van der Waals surface area contributed by atoms with E-state index in [2.05, 4.69) is 4.99 Å². The second kappa shape index (κ2) is 4.27. The summed E-state index contributed by atoms with van der Waals surface area (Å²) in [5, 5.41) is 0. The van der Waals surface area contributed by atoms with Crippen LogP contribution in [-0.4, -0.2) is 25.3 Å². The van der Waals surface area contributed by atoms with Gasteiger partial charge in [0.15, 0.2) is 0 Å². The fourth-order valence-electron chi connectivity index (χ4n) is 1.33. The quantitative estimate of drug-likeness (QED) is 0.443. The maximum absolute atomic E-state index is 9.93. The van der Waals surface area contributed by atoms with Crippen molar-refractivity contribution in [3.05, 3.63) is 0 Å². The Bertz CT molecular complexity index is 157. The normalized spacial score (nSPS) is 27.2. The number of hydrogen-bond donors (Lipinski definition) is 0. The van der Waals surface area contributed by atoms with Gasteiger partial charge in [-0.1, -0.05) is 0 Å². The SMILES string of the molecule is CC(N=C=O)C1CCCOC1. The monoisotopic (exact) mass is 155 g/mol. The van der Waals surface area contributed by atoms with Crippen LogP contribution in [0, 0.1) is 5.92 Å². The van der Waals surface area contributed by atoms with E-state index in [1.165, 1.54) is 0 Å². The molecule has 0 aromatic carbocycles. The van der Waals surface area contributed by atoms with Crippen LogP contribution in [0.5, 0.6) is 0 Å². The van der Waals surface area contributed by atoms with Crippen LogP contribution >= 0.6 is 0 Å². The predicted octanol–water partition coefficient (Wildman–Crippen LogP) is 1.14. The number of aliphatic imine (C=N–C) groups is 1. The third-order valence-corrected chi connectivity index (χ3v) is 2.13. The van der Waals surface area contributed by atoms with Gasteiger partial charge in [0.2, 0.25) is 6.08 Å². The molecule has 2 atom stereocenters. The van der Waals surface area contributed by atoms with E-state index < -0.39 is 0 Å². The Labute approximate surface area is 66.5 Å². The summed E-state index contributed by atoms with van der Waals surface area (Å²) in [6.07, 6.45) is 3.79. The molecule has 0 aromatic heterocycles. The van der Waals surface area contributed by atoms with Gasteiger partial charge in [-0.2, -0.15) is 0 Å². The van der Waals surface area contributed by atoms with E-state index in [1.54, 1.807) is 6.08 Å². The molecule has 1 rings (SSSR count). The highest BCUT2D eigenvalue weighted by Gasteiger charge is 2.19. The highest BCUT2D eigenvalue weighted by atomic mass is 16.5. The first-order valence-corrected chi connectivity index (χ1v) is 3.99. The van der Waals surface area contributed by atoms with E-state index in [9.17, 15) is 4.79 Å². The second-order valence-electron chi connectivity index (χ2n) is 2.94. The van der Waals surface area contributed by atoms with Gasteiger partial charge in [-0.05, 0) is 19.8 Å². The number of nitrogens with zero attached hydrogens (tertiary/aromatic N) is 1. The Kier molecular flexibility index (Phi) is 3.27. The summed E-state index contributed by atoms with van der Waals surface area (Å²) in [4.78, 5) is 13.6. The summed E-state index contributed by atoms with van der Waals surface area (Å²) in [5.41, 5.74) is 0. The summed E-state index contributed by atoms with van der Waals surface area (Å²) >= 11 is 0. The average Bonchev–Trinajstić information content (AvgIpc) is 2.07. The van der Waals surface area contributed by atoms with Gasteiger partial charge in [-0.3, -0.25) is 0 Å². The molecule has 0 aliphatic carbocycles. The standard InChI is InChI=1S/C8H13NO2/c1-7(9-6-10)8-3-2-4-11-5-8/h7-8H,2-5H2,1H3. The lowest BCUT2D eigenvalue weighted by molar-refractivity contribution is 0.0475. The van der Waals surface area contributed by atoms with Crippen molar-refractivity contribution in [3.63, 3.8) is 0 Å². The van der Waals surface area contributed by atoms with Crippen LogP contribution in [-0.2, 0) is 9.53 Å². The average molecular weight is 155 g/mol. The van der Waals surface area contributed by atoms with Gasteiger partial charge >= 0.3 is 0 Å². The Morgan fingerprint density at radius 2 is 2.55 bits per heavy atom. The fraction of sp³-hybridized carbons (Fsp3) is 0.875. The molecule has 1 aliphatic rings. The predicted molar refractivity (Wildman–Crippen MR) is 41.1 cm³/mol. The van der Waals surface area contributed by atoms with Gasteiger partial charge < -0.3 is 4.74 Å². The molecular weight excluding hydrogens is 142 g/mol. The van der Waals surface area contributed by atoms with E-state index in [-0.39, 0.29) is 6.04 Å². The van der Waals surface area contributed by atoms with Crippen LogP contribution in [0.3, 0.4) is 0 Å². The van der Waals surface area contributed by atoms with Crippen LogP contribution in [0.2, 0.25) is 0 Å². The number of carbonyl (C=O) groups excluding carboxylic acids is 1. The minimum Gasteiger partial charge on any atom is -0.381 e. The third-order valence-electron chi connectivity index (χ3n) is 2.13. The smallest absolute Gasteiger partial charge is 0.235 e. The highest BCUT2D eigenvalue weighted by molar-refractivity contribution is 5.33. The minimum atomic E-state index is 0.0767. The summed E-state index contributed by atoms with van der Waals surface area (Å²) in [5.74, 6) is 0.421. The molecule has 1 heterocycles. The van der Waals surface area contributed by atoms with Crippen LogP contribution in [0.4, 0.5) is 0 Å². The summed E-state index contributed by atoms with van der Waals surface area (Å²) in [6.45, 7) is 3.53. The zero-order chi connectivity index (χ0) is 8.10. The molecule has 1 fully saturated rings. The molecule has 0 spiro atoms. The van der Waals surface area contributed by atoms with Gasteiger partial charge in [-0.25, -0.2) is 9.79 Å². The Balaban J connectivity index is 2.38. The van der Waals surface area contributed by atoms with Gasteiger partial charge in [0.1, 0.15) is 0 Å². The maximum atomic E-state index is 9.93. The topological polar surface area (TPSA) is 38.7 Å². The molecule has 1 saturated heterocycles. The molecule has 0 bridgehead atoms. The Morgan fingerprint density at radius 3 is 3.09 bits per heavy atom. The lowest BCUT2D eigenvalue weighted by Gasteiger charge is -2.24. The molecule has 62 valence electrons. The van der Waals surface area contributed by atoms with Crippen molar-refractivity contribution in [1.29, 1.82) is 0 Å². The van der Waals surface area contributed by atoms with Crippen molar-refractivity contribution in [2.45, 2.75) is 25.8 Å². The molecule has 1 aliphatic heterocycles. The van der Waals surface area contributed by atoms with E-state index >= 15 is 0 Å². The van der Waals surface area contributed by atoms with Crippen molar-refractivity contribution < 1.29 is 9.53 Å². The van der Waals surface area contributed by atoms with Crippen LogP contribution in [0.1, 0.15) is 19.8 Å². The molecular formula is C8H13NO2. The summed E-state index contributed by atoms with van der Waals surface area (Å²) in [6, 6.07) is 0.0767. The molecule has 0 saturated carbocycles. The lowest BCUT2D eigenvalue weighted by Crippen LogP contribution is -2.25. The Hall–Kier alpha value is -0.660. The van der Waals surface area contributed by atoms with Gasteiger partial charge in [0, 0.05) is 12.5 Å². The highest BCUT2D eigenvalue weighted by Crippen LogP contribution is 2.18. The van der Waals surface area contributed by atoms with Gasteiger partial charge in [0.05, 0.1) is 12.6 Å². The molecule has 2 unspecified atom stereocenters. The largest absolute Gasteiger partial charge is 0.381 e. The molecule has 0 aromatic rings. The fourth-order valence-corrected chi connectivity index (χ4v) is 1.33. The molecule has 0 amide bonds. The van der Waals surface area contributed by atoms with Crippen molar-refractivity contribution in [1.82, 2.24) is 0 Å². The zero-order valence-corrected chi connectivity index (χ0v) is 6.75. The maximum Gasteiger partial charge on any atom is 0.235 e. The van der Waals surface area contributed by atoms with E-state index in [4.69, 9.17) is 4.74 Å². The minimum absolute atomic E-state index is 0.0767. The molecule has 3 heteroatoms. The number of hydrogen-bond acceptors (Lipinski definition) is 3. The molecule has 0 radical (unpaired) electrons. The lowest BCUT2D eigenvalue weighted by atomic mass is 9.96. The molecule has 11 heavy (non-hydrogen) atoms. The van der Waals surface area contributed by atoms with Crippen molar-refractivity contribution in [2.24, 2.45) is 10.9 Å². The van der Waals surface area contributed by atoms with Crippen molar-refractivity contribution in [3.8, 4) is 0 Å². The zero-order valence-electron chi connectivity index (χ0n) is 6.75. The third kappa shape index (κ3) is 2.45. The summed E-state index contributed by atoms with van der Waals surface area (Å²) < 4.78 is 5.26. The number of rotatable bonds is 2. The van der Waals surface area contributed by atoms with Crippen molar-refractivity contribution >= 4 is 6.08 Å². The van der Waals surface area contributed by atoms with Gasteiger partial charge in [0.25, 0.3) is 0 Å². The van der Waals surface area contributed by atoms with E-state index in [1.807, 2.05) is 6.92 Å². The first kappa shape index (κ1) is 8.44.